The largest absolute Gasteiger partial charge is 0.493 e. The van der Waals surface area contributed by atoms with Crippen molar-refractivity contribution in [3.63, 3.8) is 0 Å². The lowest BCUT2D eigenvalue weighted by Crippen LogP contribution is -2.33. The summed E-state index contributed by atoms with van der Waals surface area (Å²) in [5.41, 5.74) is 6.89. The van der Waals surface area contributed by atoms with Gasteiger partial charge in [0.25, 0.3) is 0 Å². The van der Waals surface area contributed by atoms with Gasteiger partial charge >= 0.3 is 0 Å². The number of nitrogens with two attached hydrogens (primary N) is 1. The predicted octanol–water partition coefficient (Wildman–Crippen LogP) is 2.70. The molecule has 1 rings (SSSR count). The average Bonchev–Trinajstić information content (AvgIpc) is 2.44. The number of nitrogens with zero attached hydrogens (tertiary/aromatic N) is 1. The highest BCUT2D eigenvalue weighted by Crippen LogP contribution is 2.40. The van der Waals surface area contributed by atoms with Crippen LogP contribution in [0.15, 0.2) is 12.1 Å². The van der Waals surface area contributed by atoms with Gasteiger partial charge in [0.15, 0.2) is 11.5 Å². The van der Waals surface area contributed by atoms with Crippen molar-refractivity contribution in [1.82, 2.24) is 4.90 Å². The molecule has 0 spiro atoms. The van der Waals surface area contributed by atoms with Crippen molar-refractivity contribution in [2.45, 2.75) is 19.9 Å². The molecule has 0 bridgehead atoms. The predicted molar refractivity (Wildman–Crippen MR) is 79.3 cm³/mol. The molecule has 0 amide bonds. The molecule has 1 atom stereocenters. The molecule has 1 unspecified atom stereocenters. The molecule has 1 aromatic rings. The zero-order valence-corrected chi connectivity index (χ0v) is 12.8. The molecule has 0 saturated heterocycles. The normalized spacial score (nSPS) is 12.6. The molecule has 0 heterocycles. The van der Waals surface area contributed by atoms with Crippen LogP contribution < -0.4 is 15.2 Å². The van der Waals surface area contributed by atoms with Crippen molar-refractivity contribution in [2.24, 2.45) is 5.73 Å². The minimum Gasteiger partial charge on any atom is -0.493 e. The Kier molecular flexibility index (Phi) is 6.42. The lowest BCUT2D eigenvalue weighted by molar-refractivity contribution is 0.223. The summed E-state index contributed by atoms with van der Waals surface area (Å²) in [5.74, 6) is 1.19. The molecule has 0 aliphatic heterocycles. The minimum atomic E-state index is 0.0855. The van der Waals surface area contributed by atoms with Crippen LogP contribution in [0.5, 0.6) is 11.5 Å². The van der Waals surface area contributed by atoms with Crippen LogP contribution >= 0.6 is 11.6 Å². The molecule has 108 valence electrons. The third-order valence-electron chi connectivity index (χ3n) is 3.35. The first kappa shape index (κ1) is 16.1. The van der Waals surface area contributed by atoms with Gasteiger partial charge in [0, 0.05) is 12.6 Å². The summed E-state index contributed by atoms with van der Waals surface area (Å²) in [4.78, 5) is 2.27. The highest BCUT2D eigenvalue weighted by Gasteiger charge is 2.22. The molecule has 0 radical (unpaired) electrons. The number of likely N-dealkylation sites (N-methyl/N-ethyl adjacent to an activating group) is 1. The Bertz CT molecular complexity index is 409. The van der Waals surface area contributed by atoms with Gasteiger partial charge in [-0.25, -0.2) is 0 Å². The van der Waals surface area contributed by atoms with E-state index in [1.54, 1.807) is 14.2 Å². The second-order valence-electron chi connectivity index (χ2n) is 4.18. The van der Waals surface area contributed by atoms with E-state index in [2.05, 4.69) is 18.7 Å². The van der Waals surface area contributed by atoms with Crippen molar-refractivity contribution >= 4 is 11.6 Å². The Morgan fingerprint density at radius 3 is 2.26 bits per heavy atom. The van der Waals surface area contributed by atoms with Crippen molar-refractivity contribution in [3.05, 3.63) is 22.7 Å². The fourth-order valence-corrected chi connectivity index (χ4v) is 2.66. The Morgan fingerprint density at radius 1 is 1.21 bits per heavy atom. The van der Waals surface area contributed by atoms with E-state index in [4.69, 9.17) is 26.8 Å². The third kappa shape index (κ3) is 3.32. The van der Waals surface area contributed by atoms with Gasteiger partial charge < -0.3 is 15.2 Å². The topological polar surface area (TPSA) is 47.7 Å². The van der Waals surface area contributed by atoms with Crippen LogP contribution in [0.2, 0.25) is 5.02 Å². The van der Waals surface area contributed by atoms with Gasteiger partial charge in [0.1, 0.15) is 0 Å². The van der Waals surface area contributed by atoms with Gasteiger partial charge in [-0.1, -0.05) is 31.5 Å². The summed E-state index contributed by atoms with van der Waals surface area (Å²) in [6.07, 6.45) is 0. The molecule has 19 heavy (non-hydrogen) atoms. The first-order chi connectivity index (χ1) is 9.14. The third-order valence-corrected chi connectivity index (χ3v) is 3.74. The Balaban J connectivity index is 3.25. The van der Waals surface area contributed by atoms with Crippen LogP contribution in [-0.4, -0.2) is 38.8 Å². The lowest BCUT2D eigenvalue weighted by atomic mass is 10.0. The van der Waals surface area contributed by atoms with E-state index in [-0.39, 0.29) is 6.04 Å². The van der Waals surface area contributed by atoms with Gasteiger partial charge in [-0.3, -0.25) is 4.90 Å². The maximum Gasteiger partial charge on any atom is 0.179 e. The summed E-state index contributed by atoms with van der Waals surface area (Å²) in [6.45, 7) is 6.57. The number of benzene rings is 1. The van der Waals surface area contributed by atoms with Gasteiger partial charge in [0.2, 0.25) is 0 Å². The van der Waals surface area contributed by atoms with Crippen LogP contribution in [0.25, 0.3) is 0 Å². The molecule has 0 aliphatic rings. The highest BCUT2D eigenvalue weighted by molar-refractivity contribution is 6.33. The molecule has 5 heteroatoms. The minimum absolute atomic E-state index is 0.0855. The van der Waals surface area contributed by atoms with Gasteiger partial charge in [-0.05, 0) is 24.7 Å². The molecule has 0 fully saturated rings. The zero-order chi connectivity index (χ0) is 14.4. The maximum absolute atomic E-state index is 6.44. The number of hydrogen-bond donors (Lipinski definition) is 1. The van der Waals surface area contributed by atoms with E-state index in [9.17, 15) is 0 Å². The Morgan fingerprint density at radius 2 is 1.84 bits per heavy atom. The zero-order valence-electron chi connectivity index (χ0n) is 12.1. The number of hydrogen-bond acceptors (Lipinski definition) is 4. The molecule has 2 N–H and O–H groups in total. The second kappa shape index (κ2) is 7.58. The SMILES string of the molecule is CCN(CC)C(CN)c1ccc(OC)c(OC)c1Cl. The van der Waals surface area contributed by atoms with Gasteiger partial charge in [0.05, 0.1) is 19.2 Å². The quantitative estimate of drug-likeness (QED) is 0.837. The molecular formula is C14H23ClN2O2. The van der Waals surface area contributed by atoms with Crippen LogP contribution in [0.3, 0.4) is 0 Å². The fraction of sp³-hybridized carbons (Fsp3) is 0.571. The van der Waals surface area contributed by atoms with Crippen LogP contribution in [0.1, 0.15) is 25.5 Å². The van der Waals surface area contributed by atoms with E-state index >= 15 is 0 Å². The monoisotopic (exact) mass is 286 g/mol. The van der Waals surface area contributed by atoms with Crippen molar-refractivity contribution in [2.75, 3.05) is 33.9 Å². The number of methoxy groups -OCH3 is 2. The van der Waals surface area contributed by atoms with Crippen molar-refractivity contribution in [1.29, 1.82) is 0 Å². The number of ether oxygens (including phenoxy) is 2. The van der Waals surface area contributed by atoms with Gasteiger partial charge in [-0.2, -0.15) is 0 Å². The Labute approximate surface area is 120 Å². The van der Waals surface area contributed by atoms with Crippen LogP contribution in [0, 0.1) is 0 Å². The fourth-order valence-electron chi connectivity index (χ4n) is 2.30. The lowest BCUT2D eigenvalue weighted by Gasteiger charge is -2.30. The van der Waals surface area contributed by atoms with E-state index < -0.39 is 0 Å². The summed E-state index contributed by atoms with van der Waals surface area (Å²) in [5, 5.41) is 0.573. The average molecular weight is 287 g/mol. The summed E-state index contributed by atoms with van der Waals surface area (Å²) < 4.78 is 10.6. The number of halogens is 1. The smallest absolute Gasteiger partial charge is 0.179 e. The number of rotatable bonds is 7. The Hall–Kier alpha value is -0.970. The van der Waals surface area contributed by atoms with Crippen molar-refractivity contribution in [3.8, 4) is 11.5 Å². The summed E-state index contributed by atoms with van der Waals surface area (Å²) >= 11 is 6.44. The van der Waals surface area contributed by atoms with Crippen LogP contribution in [-0.2, 0) is 0 Å². The molecule has 1 aromatic carbocycles. The van der Waals surface area contributed by atoms with E-state index in [1.165, 1.54) is 0 Å². The molecule has 4 nitrogen and oxygen atoms in total. The molecule has 0 saturated carbocycles. The first-order valence-electron chi connectivity index (χ1n) is 6.48. The van der Waals surface area contributed by atoms with Crippen LogP contribution in [0.4, 0.5) is 0 Å². The summed E-state index contributed by atoms with van der Waals surface area (Å²) in [6, 6.07) is 3.91. The molecule has 0 aliphatic carbocycles. The van der Waals surface area contributed by atoms with E-state index in [0.29, 0.717) is 23.1 Å². The second-order valence-corrected chi connectivity index (χ2v) is 4.55. The first-order valence-corrected chi connectivity index (χ1v) is 6.86. The highest BCUT2D eigenvalue weighted by atomic mass is 35.5. The van der Waals surface area contributed by atoms with Gasteiger partial charge in [-0.15, -0.1) is 0 Å². The summed E-state index contributed by atoms with van der Waals surface area (Å²) in [7, 11) is 3.18. The molecule has 0 aromatic heterocycles. The van der Waals surface area contributed by atoms with Crippen molar-refractivity contribution < 1.29 is 9.47 Å². The van der Waals surface area contributed by atoms with E-state index in [0.717, 1.165) is 18.7 Å². The van der Waals surface area contributed by atoms with E-state index in [1.807, 2.05) is 12.1 Å². The maximum atomic E-state index is 6.44. The molecular weight excluding hydrogens is 264 g/mol. The standard InChI is InChI=1S/C14H23ClN2O2/c1-5-17(6-2)11(9-16)10-7-8-12(18-3)14(19-4)13(10)15/h7-8,11H,5-6,9,16H2,1-4H3.